The SMILES string of the molecule is CCOc1cc2c(cc1OC)C(c1cnc(N(C)C)nc1OC)=N[C@@H]1CC[C@@H](OC(=O)CCC(=O)C(=O)O[C@@H]3CC[C@H]4N=C(c5cnc(N(C)C)nc5OC)c5cc(OC)c(OCC)cc5[C@H]4C3)C[C@H]21. The fraction of sp³-hybridized carbons (Fsp3) is 0.510. The van der Waals surface area contributed by atoms with Crippen LogP contribution in [0.15, 0.2) is 46.6 Å². The van der Waals surface area contributed by atoms with Gasteiger partial charge in [-0.25, -0.2) is 14.8 Å². The van der Waals surface area contributed by atoms with Crippen molar-refractivity contribution in [2.45, 2.75) is 101 Å². The summed E-state index contributed by atoms with van der Waals surface area (Å²) in [5.41, 5.74) is 6.11. The average molecular weight is 963 g/mol. The van der Waals surface area contributed by atoms with Crippen molar-refractivity contribution in [1.29, 1.82) is 0 Å². The minimum Gasteiger partial charge on any atom is -0.493 e. The van der Waals surface area contributed by atoms with Crippen LogP contribution in [-0.4, -0.2) is 143 Å². The molecule has 70 heavy (non-hydrogen) atoms. The summed E-state index contributed by atoms with van der Waals surface area (Å²) in [6.45, 7) is 4.67. The molecule has 2 aliphatic carbocycles. The molecule has 0 bridgehead atoms. The first-order valence-corrected chi connectivity index (χ1v) is 23.8. The number of anilines is 2. The average Bonchev–Trinajstić information content (AvgIpc) is 3.36. The van der Waals surface area contributed by atoms with Crippen molar-refractivity contribution >= 4 is 41.0 Å². The molecule has 0 amide bonds. The van der Waals surface area contributed by atoms with E-state index in [4.69, 9.17) is 47.9 Å². The molecular formula is C51H62N8O11. The summed E-state index contributed by atoms with van der Waals surface area (Å²) in [6, 6.07) is 7.43. The molecule has 6 atom stereocenters. The maximum Gasteiger partial charge on any atom is 0.374 e. The van der Waals surface area contributed by atoms with Crippen molar-refractivity contribution in [3.05, 3.63) is 70.0 Å². The van der Waals surface area contributed by atoms with Gasteiger partial charge in [0.1, 0.15) is 12.2 Å². The lowest BCUT2D eigenvalue weighted by atomic mass is 9.74. The highest BCUT2D eigenvalue weighted by Gasteiger charge is 2.42. The molecule has 0 radical (unpaired) electrons. The van der Waals surface area contributed by atoms with Crippen LogP contribution >= 0.6 is 0 Å². The first kappa shape index (κ1) is 49.4. The number of aromatic nitrogens is 4. The Balaban J connectivity index is 0.927. The van der Waals surface area contributed by atoms with Crippen LogP contribution in [0.2, 0.25) is 0 Å². The van der Waals surface area contributed by atoms with Crippen LogP contribution in [0.3, 0.4) is 0 Å². The summed E-state index contributed by atoms with van der Waals surface area (Å²) in [6.07, 6.45) is 4.97. The van der Waals surface area contributed by atoms with E-state index in [0.717, 1.165) is 22.3 Å². The van der Waals surface area contributed by atoms with Crippen LogP contribution in [0.4, 0.5) is 11.9 Å². The normalized spacial score (nSPS) is 20.9. The van der Waals surface area contributed by atoms with Gasteiger partial charge in [-0.1, -0.05) is 0 Å². The van der Waals surface area contributed by atoms with Gasteiger partial charge in [-0.2, -0.15) is 9.97 Å². The Morgan fingerprint density at radius 2 is 1.03 bits per heavy atom. The number of aliphatic imine (C=N–C) groups is 2. The zero-order valence-electron chi connectivity index (χ0n) is 41.6. The topological polar surface area (TPSA) is 208 Å². The summed E-state index contributed by atoms with van der Waals surface area (Å²) in [5.74, 6) is 1.38. The molecule has 2 saturated carbocycles. The van der Waals surface area contributed by atoms with Gasteiger partial charge >= 0.3 is 11.9 Å². The van der Waals surface area contributed by atoms with Crippen molar-refractivity contribution in [1.82, 2.24) is 19.9 Å². The molecule has 4 heterocycles. The summed E-state index contributed by atoms with van der Waals surface area (Å²) in [7, 11) is 13.7. The first-order chi connectivity index (χ1) is 33.8. The van der Waals surface area contributed by atoms with E-state index in [1.165, 1.54) is 0 Å². The van der Waals surface area contributed by atoms with Crippen LogP contribution in [0.25, 0.3) is 0 Å². The Morgan fingerprint density at radius 3 is 1.44 bits per heavy atom. The molecule has 2 aromatic carbocycles. The molecule has 8 rings (SSSR count). The number of hydrogen-bond donors (Lipinski definition) is 0. The first-order valence-electron chi connectivity index (χ1n) is 23.8. The number of fused-ring (bicyclic) bond motifs is 6. The molecule has 0 N–H and O–H groups in total. The number of carbonyl (C=O) groups is 3. The van der Waals surface area contributed by atoms with E-state index in [-0.39, 0.29) is 36.8 Å². The summed E-state index contributed by atoms with van der Waals surface area (Å²) in [4.78, 5) is 72.5. The highest BCUT2D eigenvalue weighted by molar-refractivity contribution is 6.33. The minimum absolute atomic E-state index is 0.122. The quantitative estimate of drug-likeness (QED) is 0.0818. The van der Waals surface area contributed by atoms with Gasteiger partial charge in [0.25, 0.3) is 0 Å². The molecule has 0 saturated heterocycles. The fourth-order valence-corrected chi connectivity index (χ4v) is 9.92. The van der Waals surface area contributed by atoms with Crippen molar-refractivity contribution in [2.24, 2.45) is 9.98 Å². The van der Waals surface area contributed by atoms with Crippen LogP contribution in [0, 0.1) is 0 Å². The number of ether oxygens (including phenoxy) is 8. The number of hydrogen-bond acceptors (Lipinski definition) is 19. The zero-order chi connectivity index (χ0) is 49.8. The smallest absolute Gasteiger partial charge is 0.374 e. The number of rotatable bonds is 18. The Morgan fingerprint density at radius 1 is 0.571 bits per heavy atom. The van der Waals surface area contributed by atoms with Gasteiger partial charge in [-0.05, 0) is 87.8 Å². The van der Waals surface area contributed by atoms with E-state index in [1.807, 2.05) is 66.3 Å². The van der Waals surface area contributed by atoms with Crippen molar-refractivity contribution in [3.8, 4) is 34.8 Å². The molecule has 0 spiro atoms. The largest absolute Gasteiger partial charge is 0.493 e. The molecule has 2 aromatic heterocycles. The molecule has 2 aliphatic heterocycles. The number of benzene rings is 2. The molecule has 2 fully saturated rings. The standard InChI is InChI=1S/C51H62N8O11/c1-11-67-42-21-29-31-19-27(13-15-37(31)54-45(33(29)23-40(42)63-7)35-25-52-50(58(3)4)56-47(35)65-9)69-44(61)18-17-39(60)49(62)70-28-14-16-38-32(20-28)30-22-43(68-12-2)41(64-8)24-34(30)46(55-38)36-26-53-51(59(5)6)57-48(36)66-10/h21-28,31-32,37-38H,11-20H2,1-10H3/t27-,28-,31-,32-,37-,38-/m1/s1. The van der Waals surface area contributed by atoms with Crippen molar-refractivity contribution < 1.29 is 52.3 Å². The third-order valence-corrected chi connectivity index (χ3v) is 13.2. The molecule has 0 unspecified atom stereocenters. The number of nitrogens with zero attached hydrogens (tertiary/aromatic N) is 8. The zero-order valence-corrected chi connectivity index (χ0v) is 41.6. The monoisotopic (exact) mass is 962 g/mol. The third kappa shape index (κ3) is 10.0. The van der Waals surface area contributed by atoms with Crippen molar-refractivity contribution in [2.75, 3.05) is 79.6 Å². The Hall–Kier alpha value is -7.05. The molecule has 19 heteroatoms. The molecular weight excluding hydrogens is 901 g/mol. The molecule has 4 aliphatic rings. The van der Waals surface area contributed by atoms with Gasteiger partial charge in [-0.15, -0.1) is 0 Å². The summed E-state index contributed by atoms with van der Waals surface area (Å²) >= 11 is 0. The Labute approximate surface area is 407 Å². The second-order valence-corrected chi connectivity index (χ2v) is 18.0. The van der Waals surface area contributed by atoms with E-state index >= 15 is 0 Å². The number of carbonyl (C=O) groups excluding carboxylic acids is 3. The van der Waals surface area contributed by atoms with Crippen LogP contribution < -0.4 is 38.2 Å². The lowest BCUT2D eigenvalue weighted by molar-refractivity contribution is -0.160. The van der Waals surface area contributed by atoms with Crippen molar-refractivity contribution in [3.63, 3.8) is 0 Å². The van der Waals surface area contributed by atoms with Crippen LogP contribution in [-0.2, 0) is 23.9 Å². The number of methoxy groups -OCH3 is 4. The number of esters is 2. The van der Waals surface area contributed by atoms with E-state index < -0.39 is 29.9 Å². The predicted molar refractivity (Wildman–Crippen MR) is 260 cm³/mol. The maximum atomic E-state index is 13.4. The van der Waals surface area contributed by atoms with E-state index in [9.17, 15) is 14.4 Å². The van der Waals surface area contributed by atoms with Gasteiger partial charge in [0.05, 0.1) is 82.7 Å². The second kappa shape index (κ2) is 21.3. The number of Topliss-reactive ketones (excluding diaryl/α,β-unsaturated/α-hetero) is 1. The highest BCUT2D eigenvalue weighted by Crippen LogP contribution is 2.48. The molecule has 4 aromatic rings. The minimum atomic E-state index is -0.976. The van der Waals surface area contributed by atoms with Crippen LogP contribution in [0.1, 0.15) is 110 Å². The second-order valence-electron chi connectivity index (χ2n) is 18.0. The van der Waals surface area contributed by atoms with E-state index in [1.54, 1.807) is 50.6 Å². The Kier molecular flexibility index (Phi) is 15.0. The van der Waals surface area contributed by atoms with Gasteiger partial charge in [0, 0.05) is 70.0 Å². The number of ketones is 1. The van der Waals surface area contributed by atoms with Gasteiger partial charge in [-0.3, -0.25) is 19.6 Å². The summed E-state index contributed by atoms with van der Waals surface area (Å²) < 4.78 is 46.9. The predicted octanol–water partition coefficient (Wildman–Crippen LogP) is 6.08. The lowest BCUT2D eigenvalue weighted by Gasteiger charge is -2.38. The van der Waals surface area contributed by atoms with E-state index in [0.29, 0.717) is 121 Å². The lowest BCUT2D eigenvalue weighted by Crippen LogP contribution is -2.37. The summed E-state index contributed by atoms with van der Waals surface area (Å²) in [5, 5.41) is 0. The fourth-order valence-electron chi connectivity index (χ4n) is 9.92. The van der Waals surface area contributed by atoms with Gasteiger partial charge < -0.3 is 47.7 Å². The Bertz CT molecular complexity index is 2690. The molecule has 372 valence electrons. The van der Waals surface area contributed by atoms with E-state index in [2.05, 4.69) is 19.9 Å². The molecule has 19 nitrogen and oxygen atoms in total. The third-order valence-electron chi connectivity index (χ3n) is 13.2. The van der Waals surface area contributed by atoms with Gasteiger partial charge in [0.2, 0.25) is 29.4 Å². The highest BCUT2D eigenvalue weighted by atomic mass is 16.6. The van der Waals surface area contributed by atoms with Crippen LogP contribution in [0.5, 0.6) is 34.8 Å². The maximum absolute atomic E-state index is 13.4. The van der Waals surface area contributed by atoms with Gasteiger partial charge in [0.15, 0.2) is 23.0 Å².